The summed E-state index contributed by atoms with van der Waals surface area (Å²) in [5.41, 5.74) is 0.612. The Kier molecular flexibility index (Phi) is 4.87. The van der Waals surface area contributed by atoms with E-state index in [1.165, 1.54) is 0 Å². The summed E-state index contributed by atoms with van der Waals surface area (Å²) in [4.78, 5) is 34.4. The Morgan fingerprint density at radius 3 is 2.55 bits per heavy atom. The summed E-state index contributed by atoms with van der Waals surface area (Å²) < 4.78 is 25.8. The van der Waals surface area contributed by atoms with Crippen molar-refractivity contribution < 1.29 is 28.5 Å². The normalized spacial score (nSPS) is 31.4. The third-order valence-corrected chi connectivity index (χ3v) is 8.68. The van der Waals surface area contributed by atoms with Crippen LogP contribution in [-0.4, -0.2) is 53.0 Å². The van der Waals surface area contributed by atoms with Crippen molar-refractivity contribution in [1.29, 1.82) is 0 Å². The number of aromatic amines is 1. The zero-order valence-electron chi connectivity index (χ0n) is 22.1. The van der Waals surface area contributed by atoms with E-state index in [1.807, 2.05) is 79.0 Å². The number of anilines is 1. The molecule has 8 rings (SSSR count). The van der Waals surface area contributed by atoms with Gasteiger partial charge in [0.05, 0.1) is 18.9 Å². The number of amides is 1. The first-order valence-corrected chi connectivity index (χ1v) is 13.6. The van der Waals surface area contributed by atoms with E-state index in [4.69, 9.17) is 18.9 Å². The molecular weight excluding hydrogens is 508 g/mol. The summed E-state index contributed by atoms with van der Waals surface area (Å²) in [5, 5.41) is 0.848. The summed E-state index contributed by atoms with van der Waals surface area (Å²) in [6.45, 7) is 4.15. The number of H-pyrrole nitrogens is 1. The van der Waals surface area contributed by atoms with Gasteiger partial charge in [0.2, 0.25) is 5.60 Å². The fraction of sp³-hybridized carbons (Fsp3) is 0.312. The number of hydrogen-bond donors (Lipinski definition) is 1. The Morgan fingerprint density at radius 2 is 1.70 bits per heavy atom. The van der Waals surface area contributed by atoms with Gasteiger partial charge in [-0.1, -0.05) is 60.7 Å². The van der Waals surface area contributed by atoms with Crippen molar-refractivity contribution >= 4 is 28.3 Å². The van der Waals surface area contributed by atoms with E-state index in [-0.39, 0.29) is 18.3 Å². The highest BCUT2D eigenvalue weighted by Crippen LogP contribution is 2.64. The minimum atomic E-state index is -1.52. The second-order valence-corrected chi connectivity index (χ2v) is 11.4. The number of nitrogens with zero attached hydrogens (tertiary/aromatic N) is 1. The molecule has 3 aromatic carbocycles. The molecule has 0 radical (unpaired) electrons. The van der Waals surface area contributed by atoms with Crippen LogP contribution in [0.25, 0.3) is 10.9 Å². The minimum Gasteiger partial charge on any atom is -0.374 e. The second-order valence-electron chi connectivity index (χ2n) is 11.4. The number of para-hydroxylation sites is 2. The van der Waals surface area contributed by atoms with Crippen molar-refractivity contribution in [2.75, 3.05) is 11.5 Å². The van der Waals surface area contributed by atoms with Gasteiger partial charge in [-0.05, 0) is 37.6 Å². The minimum absolute atomic E-state index is 0.176. The van der Waals surface area contributed by atoms with E-state index >= 15 is 0 Å². The lowest BCUT2D eigenvalue weighted by Crippen LogP contribution is -2.54. The van der Waals surface area contributed by atoms with Crippen LogP contribution in [0.15, 0.2) is 85.1 Å². The van der Waals surface area contributed by atoms with Crippen LogP contribution in [-0.2, 0) is 35.9 Å². The van der Waals surface area contributed by atoms with Crippen molar-refractivity contribution in [3.63, 3.8) is 0 Å². The predicted octanol–water partition coefficient (Wildman–Crippen LogP) is 4.48. The molecule has 4 aromatic rings. The van der Waals surface area contributed by atoms with Gasteiger partial charge in [-0.3, -0.25) is 14.5 Å². The Balaban J connectivity index is 1.29. The van der Waals surface area contributed by atoms with Crippen LogP contribution < -0.4 is 4.90 Å². The molecule has 1 N–H and O–H groups in total. The molecule has 8 nitrogen and oxygen atoms in total. The third kappa shape index (κ3) is 2.89. The van der Waals surface area contributed by atoms with Crippen LogP contribution in [0, 0.1) is 0 Å². The summed E-state index contributed by atoms with van der Waals surface area (Å²) in [7, 11) is 0. The largest absolute Gasteiger partial charge is 0.374 e. The number of ether oxygens (including phenoxy) is 4. The molecule has 0 unspecified atom stereocenters. The molecule has 8 heteroatoms. The van der Waals surface area contributed by atoms with Gasteiger partial charge in [0.1, 0.15) is 18.3 Å². The topological polar surface area (TPSA) is 90.1 Å². The molecular formula is C32H28N2O6. The Labute approximate surface area is 230 Å². The molecule has 0 aliphatic carbocycles. The molecule has 5 heterocycles. The molecule has 0 bridgehead atoms. The molecule has 4 aliphatic rings. The maximum atomic E-state index is 14.8. The average molecular weight is 537 g/mol. The zero-order valence-corrected chi connectivity index (χ0v) is 22.1. The van der Waals surface area contributed by atoms with Gasteiger partial charge >= 0.3 is 0 Å². The summed E-state index contributed by atoms with van der Waals surface area (Å²) in [6.07, 6.45) is -0.529. The first kappa shape index (κ1) is 24.0. The molecule has 3 fully saturated rings. The Bertz CT molecular complexity index is 1680. The Hall–Kier alpha value is -3.82. The number of Topliss-reactive ketones (excluding diaryl/α,β-unsaturated/α-hetero) is 1. The number of rotatable bonds is 5. The number of aromatic nitrogens is 1. The summed E-state index contributed by atoms with van der Waals surface area (Å²) >= 11 is 0. The highest BCUT2D eigenvalue weighted by Gasteiger charge is 2.84. The van der Waals surface area contributed by atoms with Gasteiger partial charge in [0.25, 0.3) is 5.91 Å². The molecule has 1 aromatic heterocycles. The number of carbonyl (C=O) groups excluding carboxylic acids is 2. The second kappa shape index (κ2) is 8.11. The highest BCUT2D eigenvalue weighted by molar-refractivity contribution is 6.26. The van der Waals surface area contributed by atoms with Gasteiger partial charge in [0.15, 0.2) is 17.1 Å². The van der Waals surface area contributed by atoms with Gasteiger partial charge < -0.3 is 23.9 Å². The maximum Gasteiger partial charge on any atom is 0.266 e. The van der Waals surface area contributed by atoms with Gasteiger partial charge in [-0.25, -0.2) is 0 Å². The van der Waals surface area contributed by atoms with E-state index in [9.17, 15) is 9.59 Å². The lowest BCUT2D eigenvalue weighted by Gasteiger charge is -2.35. The van der Waals surface area contributed by atoms with Crippen LogP contribution in [0.3, 0.4) is 0 Å². The fourth-order valence-corrected chi connectivity index (χ4v) is 7.27. The van der Waals surface area contributed by atoms with Crippen LogP contribution >= 0.6 is 0 Å². The number of benzene rings is 3. The molecule has 40 heavy (non-hydrogen) atoms. The van der Waals surface area contributed by atoms with Crippen LogP contribution in [0.5, 0.6) is 0 Å². The standard InChI is InChI=1S/C32H28N2O6/c1-30(2)39-27-25(18-37-17-19-10-4-3-5-11-19)38-28-31(22-16-33-23-14-8-6-12-20(22)23)26(35)21-13-7-9-15-24(21)34(31)29(36)32(27,28)40-30/h3-16,25,27-28,33H,17-18H2,1-2H3/t25-,27-,28+,31-,32-/m1/s1. The number of fused-ring (bicyclic) bond motifs is 5. The number of nitrogens with one attached hydrogen (secondary N) is 1. The van der Waals surface area contributed by atoms with E-state index in [0.29, 0.717) is 23.4 Å². The highest BCUT2D eigenvalue weighted by atomic mass is 16.8. The van der Waals surface area contributed by atoms with Crippen molar-refractivity contribution in [3.8, 4) is 0 Å². The summed E-state index contributed by atoms with van der Waals surface area (Å²) in [5.74, 6) is -1.59. The van der Waals surface area contributed by atoms with Gasteiger partial charge in [-0.2, -0.15) is 0 Å². The van der Waals surface area contributed by atoms with Crippen molar-refractivity contribution in [3.05, 3.63) is 102 Å². The van der Waals surface area contributed by atoms with E-state index < -0.39 is 35.2 Å². The molecule has 1 amide bonds. The predicted molar refractivity (Wildman–Crippen MR) is 146 cm³/mol. The zero-order chi connectivity index (χ0) is 27.3. The first-order valence-electron chi connectivity index (χ1n) is 13.6. The monoisotopic (exact) mass is 536 g/mol. The van der Waals surface area contributed by atoms with Crippen LogP contribution in [0.2, 0.25) is 0 Å². The van der Waals surface area contributed by atoms with E-state index in [1.54, 1.807) is 24.8 Å². The smallest absolute Gasteiger partial charge is 0.266 e. The molecule has 4 aliphatic heterocycles. The van der Waals surface area contributed by atoms with Crippen molar-refractivity contribution in [2.24, 2.45) is 0 Å². The first-order chi connectivity index (χ1) is 19.4. The molecule has 5 atom stereocenters. The summed E-state index contributed by atoms with van der Waals surface area (Å²) in [6, 6.07) is 24.9. The molecule has 1 spiro atoms. The van der Waals surface area contributed by atoms with E-state index in [0.717, 1.165) is 16.5 Å². The van der Waals surface area contributed by atoms with Crippen LogP contribution in [0.4, 0.5) is 5.69 Å². The van der Waals surface area contributed by atoms with Gasteiger partial charge in [-0.15, -0.1) is 0 Å². The fourth-order valence-electron chi connectivity index (χ4n) is 7.27. The van der Waals surface area contributed by atoms with Gasteiger partial charge in [0, 0.05) is 28.2 Å². The SMILES string of the molecule is CC1(C)O[C@@H]2[C@@H](COCc3ccccc3)O[C@@H]3[C@@]2(O1)C(=O)N1c2ccccc2C(=O)[C@]31c1c[nH]c2ccccc12. The molecule has 3 saturated heterocycles. The molecule has 0 saturated carbocycles. The Morgan fingerprint density at radius 1 is 0.950 bits per heavy atom. The number of hydrogen-bond acceptors (Lipinski definition) is 6. The molecule has 202 valence electrons. The lowest BCUT2D eigenvalue weighted by molar-refractivity contribution is -0.207. The third-order valence-electron chi connectivity index (χ3n) is 8.68. The van der Waals surface area contributed by atoms with Crippen molar-refractivity contribution in [1.82, 2.24) is 4.98 Å². The quantitative estimate of drug-likeness (QED) is 0.405. The number of ketones is 1. The maximum absolute atomic E-state index is 14.8. The number of carbonyl (C=O) groups is 2. The van der Waals surface area contributed by atoms with Crippen LogP contribution in [0.1, 0.15) is 35.3 Å². The van der Waals surface area contributed by atoms with E-state index in [2.05, 4.69) is 4.98 Å². The van der Waals surface area contributed by atoms with Crippen molar-refractivity contribution in [2.45, 2.75) is 55.7 Å². The lowest BCUT2D eigenvalue weighted by atomic mass is 9.76. The average Bonchev–Trinajstić information content (AvgIpc) is 3.69.